The highest BCUT2D eigenvalue weighted by molar-refractivity contribution is 5.68. The van der Waals surface area contributed by atoms with Crippen molar-refractivity contribution in [1.29, 1.82) is 0 Å². The predicted molar refractivity (Wildman–Crippen MR) is 149 cm³/mol. The van der Waals surface area contributed by atoms with Crippen molar-refractivity contribution in [3.63, 3.8) is 0 Å². The van der Waals surface area contributed by atoms with Crippen LogP contribution in [0.3, 0.4) is 0 Å². The highest BCUT2D eigenvalue weighted by Gasteiger charge is 2.47. The highest BCUT2D eigenvalue weighted by Crippen LogP contribution is 2.41. The minimum atomic E-state index is -0.999. The Balaban J connectivity index is 1.77. The van der Waals surface area contributed by atoms with Crippen molar-refractivity contribution in [3.8, 4) is 0 Å². The average molecular weight is 534 g/mol. The number of carbonyl (C=O) groups is 1. The number of carbonyl (C=O) groups excluding carboxylic acids is 1. The summed E-state index contributed by atoms with van der Waals surface area (Å²) in [6, 6.07) is 29.3. The summed E-state index contributed by atoms with van der Waals surface area (Å²) in [5, 5.41) is 13.1. The molecule has 3 atom stereocenters. The van der Waals surface area contributed by atoms with Gasteiger partial charge >= 0.3 is 6.09 Å². The number of amides is 1. The van der Waals surface area contributed by atoms with Gasteiger partial charge in [0.15, 0.2) is 5.79 Å². The van der Waals surface area contributed by atoms with E-state index in [2.05, 4.69) is 5.32 Å². The maximum Gasteiger partial charge on any atom is 0.408 e. The first-order valence-electron chi connectivity index (χ1n) is 13.3. The molecule has 3 aromatic carbocycles. The Labute approximate surface area is 231 Å². The average Bonchev–Trinajstić information content (AvgIpc) is 3.23. The molecule has 2 N–H and O–H groups in total. The van der Waals surface area contributed by atoms with Crippen LogP contribution in [0.25, 0.3) is 0 Å². The molecule has 7 nitrogen and oxygen atoms in total. The van der Waals surface area contributed by atoms with E-state index >= 15 is 0 Å². The predicted octanol–water partition coefficient (Wildman–Crippen LogP) is 5.40. The topological polar surface area (TPSA) is 86.3 Å². The summed E-state index contributed by atoms with van der Waals surface area (Å²) in [6.07, 6.45) is -1.95. The lowest BCUT2D eigenvalue weighted by Crippen LogP contribution is -2.53. The molecule has 208 valence electrons. The first-order chi connectivity index (χ1) is 18.5. The van der Waals surface area contributed by atoms with Gasteiger partial charge in [-0.25, -0.2) is 4.79 Å². The van der Waals surface area contributed by atoms with E-state index in [0.29, 0.717) is 0 Å². The number of benzene rings is 3. The Morgan fingerprint density at radius 2 is 1.33 bits per heavy atom. The molecule has 0 radical (unpaired) electrons. The van der Waals surface area contributed by atoms with Gasteiger partial charge in [-0.3, -0.25) is 0 Å². The third kappa shape index (κ3) is 6.86. The quantitative estimate of drug-likeness (QED) is 0.358. The maximum absolute atomic E-state index is 13.0. The van der Waals surface area contributed by atoms with Crippen LogP contribution in [0.5, 0.6) is 0 Å². The molecule has 1 heterocycles. The molecule has 0 saturated carbocycles. The maximum atomic E-state index is 13.0. The lowest BCUT2D eigenvalue weighted by molar-refractivity contribution is -0.153. The van der Waals surface area contributed by atoms with Crippen molar-refractivity contribution in [2.45, 2.75) is 69.9 Å². The zero-order valence-electron chi connectivity index (χ0n) is 23.3. The van der Waals surface area contributed by atoms with E-state index < -0.39 is 41.3 Å². The molecule has 1 saturated heterocycles. The Morgan fingerprint density at radius 3 is 1.74 bits per heavy atom. The van der Waals surface area contributed by atoms with E-state index in [4.69, 9.17) is 18.9 Å². The molecule has 39 heavy (non-hydrogen) atoms. The van der Waals surface area contributed by atoms with E-state index in [1.807, 2.05) is 91.0 Å². The number of ether oxygens (including phenoxy) is 4. The number of hydrogen-bond acceptors (Lipinski definition) is 6. The van der Waals surface area contributed by atoms with Crippen LogP contribution in [0, 0.1) is 0 Å². The van der Waals surface area contributed by atoms with Crippen molar-refractivity contribution in [2.24, 2.45) is 0 Å². The number of nitrogens with one attached hydrogen (secondary N) is 1. The van der Waals surface area contributed by atoms with E-state index in [9.17, 15) is 9.90 Å². The van der Waals surface area contributed by atoms with Crippen LogP contribution in [0.15, 0.2) is 91.0 Å². The monoisotopic (exact) mass is 533 g/mol. The molecule has 1 amide bonds. The van der Waals surface area contributed by atoms with Crippen molar-refractivity contribution in [1.82, 2.24) is 5.32 Å². The van der Waals surface area contributed by atoms with Crippen LogP contribution in [0.2, 0.25) is 0 Å². The summed E-state index contributed by atoms with van der Waals surface area (Å²) >= 11 is 0. The fraction of sp³-hybridized carbons (Fsp3) is 0.406. The Bertz CT molecular complexity index is 1100. The van der Waals surface area contributed by atoms with Crippen LogP contribution in [0.4, 0.5) is 4.79 Å². The van der Waals surface area contributed by atoms with Gasteiger partial charge in [0.1, 0.15) is 23.4 Å². The van der Waals surface area contributed by atoms with E-state index in [-0.39, 0.29) is 13.2 Å². The Morgan fingerprint density at radius 1 is 0.872 bits per heavy atom. The largest absolute Gasteiger partial charge is 0.444 e. The zero-order chi connectivity index (χ0) is 28.1. The second-order valence-electron chi connectivity index (χ2n) is 11.2. The molecule has 0 aromatic heterocycles. The second kappa shape index (κ2) is 11.9. The zero-order valence-corrected chi connectivity index (χ0v) is 23.3. The molecule has 0 unspecified atom stereocenters. The van der Waals surface area contributed by atoms with Gasteiger partial charge in [0.2, 0.25) is 0 Å². The summed E-state index contributed by atoms with van der Waals surface area (Å²) in [4.78, 5) is 13.0. The molecule has 4 rings (SSSR count). The molecular formula is C32H39NO6. The summed E-state index contributed by atoms with van der Waals surface area (Å²) in [6.45, 7) is 8.74. The molecule has 3 aromatic rings. The number of aliphatic hydroxyl groups is 1. The fourth-order valence-corrected chi connectivity index (χ4v) is 5.01. The first-order valence-corrected chi connectivity index (χ1v) is 13.3. The molecule has 0 spiro atoms. The van der Waals surface area contributed by atoms with Crippen LogP contribution in [0.1, 0.15) is 51.3 Å². The van der Waals surface area contributed by atoms with Gasteiger partial charge in [-0.2, -0.15) is 0 Å². The normalized spacial score (nSPS) is 19.8. The molecule has 0 bridgehead atoms. The van der Waals surface area contributed by atoms with Gasteiger partial charge in [0.05, 0.1) is 19.3 Å². The van der Waals surface area contributed by atoms with Gasteiger partial charge in [-0.05, 0) is 51.3 Å². The van der Waals surface area contributed by atoms with Gasteiger partial charge in [-0.1, -0.05) is 91.0 Å². The summed E-state index contributed by atoms with van der Waals surface area (Å²) in [5.41, 5.74) is 1.10. The standard InChI is InChI=1S/C32H39NO6/c1-30(2,3)39-29(35)33-26(28-27(21-34)37-31(4,5)38-28)22-36-32(23-15-9-6-10-16-23,24-17-11-7-12-18-24)25-19-13-8-14-20-25/h6-20,26-28,34H,21-22H2,1-5H3,(H,33,35)/t26-,27+,28-/m1/s1. The third-order valence-corrected chi connectivity index (χ3v) is 6.52. The number of aliphatic hydroxyl groups excluding tert-OH is 1. The van der Waals surface area contributed by atoms with Crippen molar-refractivity contribution >= 4 is 6.09 Å². The lowest BCUT2D eigenvalue weighted by Gasteiger charge is -2.38. The minimum absolute atomic E-state index is 0.0402. The van der Waals surface area contributed by atoms with Crippen LogP contribution < -0.4 is 5.32 Å². The van der Waals surface area contributed by atoms with Gasteiger partial charge in [0, 0.05) is 0 Å². The Hall–Kier alpha value is -3.23. The molecule has 1 aliphatic rings. The van der Waals surface area contributed by atoms with Crippen molar-refractivity contribution in [3.05, 3.63) is 108 Å². The Kier molecular flexibility index (Phi) is 8.76. The van der Waals surface area contributed by atoms with Crippen molar-refractivity contribution in [2.75, 3.05) is 13.2 Å². The van der Waals surface area contributed by atoms with Gasteiger partial charge in [0.25, 0.3) is 0 Å². The fourth-order valence-electron chi connectivity index (χ4n) is 5.01. The molecule has 1 fully saturated rings. The minimum Gasteiger partial charge on any atom is -0.444 e. The molecule has 1 aliphatic heterocycles. The van der Waals surface area contributed by atoms with Gasteiger partial charge in [-0.15, -0.1) is 0 Å². The van der Waals surface area contributed by atoms with Crippen molar-refractivity contribution < 1.29 is 28.8 Å². The number of rotatable bonds is 9. The molecule has 0 aliphatic carbocycles. The van der Waals surface area contributed by atoms with Crippen LogP contribution in [-0.4, -0.2) is 54.1 Å². The first kappa shape index (κ1) is 28.8. The highest BCUT2D eigenvalue weighted by atomic mass is 16.8. The number of hydrogen-bond donors (Lipinski definition) is 2. The van der Waals surface area contributed by atoms with E-state index in [1.54, 1.807) is 34.6 Å². The molecular weight excluding hydrogens is 494 g/mol. The molecule has 7 heteroatoms. The van der Waals surface area contributed by atoms with E-state index in [0.717, 1.165) is 16.7 Å². The van der Waals surface area contributed by atoms with Gasteiger partial charge < -0.3 is 29.4 Å². The summed E-state index contributed by atoms with van der Waals surface area (Å²) in [5.74, 6) is -0.943. The third-order valence-electron chi connectivity index (χ3n) is 6.52. The number of alkyl carbamates (subject to hydrolysis) is 1. The van der Waals surface area contributed by atoms with Crippen LogP contribution >= 0.6 is 0 Å². The SMILES string of the molecule is CC(C)(C)OC(=O)N[C@H](COC(c1ccccc1)(c1ccccc1)c1ccccc1)[C@H]1OC(C)(C)O[C@H]1CO. The summed E-state index contributed by atoms with van der Waals surface area (Å²) in [7, 11) is 0. The van der Waals surface area contributed by atoms with Crippen LogP contribution in [-0.2, 0) is 24.5 Å². The lowest BCUT2D eigenvalue weighted by atomic mass is 9.80. The smallest absolute Gasteiger partial charge is 0.408 e. The summed E-state index contributed by atoms with van der Waals surface area (Å²) < 4.78 is 24.7. The second-order valence-corrected chi connectivity index (χ2v) is 11.2. The van der Waals surface area contributed by atoms with E-state index in [1.165, 1.54) is 0 Å².